The van der Waals surface area contributed by atoms with Crippen molar-refractivity contribution in [2.24, 2.45) is 0 Å². The van der Waals surface area contributed by atoms with Gasteiger partial charge in [0.25, 0.3) is 0 Å². The second-order valence-electron chi connectivity index (χ2n) is 8.08. The summed E-state index contributed by atoms with van der Waals surface area (Å²) in [5, 5.41) is 19.3. The van der Waals surface area contributed by atoms with Crippen LogP contribution in [0, 0.1) is 6.92 Å². The van der Waals surface area contributed by atoms with E-state index in [9.17, 15) is 10.2 Å². The van der Waals surface area contributed by atoms with E-state index in [1.807, 2.05) is 24.3 Å². The predicted octanol–water partition coefficient (Wildman–Crippen LogP) is 6.35. The third kappa shape index (κ3) is 3.95. The molecule has 0 bridgehead atoms. The Morgan fingerprint density at radius 2 is 0.867 bits per heavy atom. The number of benzene rings is 4. The van der Waals surface area contributed by atoms with Gasteiger partial charge in [0, 0.05) is 5.41 Å². The van der Waals surface area contributed by atoms with Crippen molar-refractivity contribution in [3.05, 3.63) is 130 Å². The van der Waals surface area contributed by atoms with Crippen LogP contribution in [0.15, 0.2) is 97.1 Å². The lowest BCUT2D eigenvalue weighted by atomic mass is 9.71. The van der Waals surface area contributed by atoms with Crippen LogP contribution in [0.4, 0.5) is 0 Å². The highest BCUT2D eigenvalue weighted by Gasteiger charge is 2.31. The number of phenolic OH excluding ortho intramolecular Hbond substituents is 2. The molecule has 0 spiro atoms. The smallest absolute Gasteiger partial charge is 0.115 e. The molecule has 30 heavy (non-hydrogen) atoms. The maximum absolute atomic E-state index is 9.78. The third-order valence-electron chi connectivity index (χ3n) is 5.95. The molecule has 1 atom stereocenters. The zero-order valence-electron chi connectivity index (χ0n) is 17.3. The van der Waals surface area contributed by atoms with E-state index in [4.69, 9.17) is 0 Å². The van der Waals surface area contributed by atoms with Gasteiger partial charge in [-0.2, -0.15) is 0 Å². The molecule has 0 fully saturated rings. The summed E-state index contributed by atoms with van der Waals surface area (Å²) in [6.45, 7) is 4.33. The maximum atomic E-state index is 9.78. The van der Waals surface area contributed by atoms with Gasteiger partial charge >= 0.3 is 0 Å². The first-order valence-electron chi connectivity index (χ1n) is 10.2. The van der Waals surface area contributed by atoms with Crippen molar-refractivity contribution < 1.29 is 10.2 Å². The molecular formula is C28H26O2. The third-order valence-corrected chi connectivity index (χ3v) is 5.95. The largest absolute Gasteiger partial charge is 0.508 e. The first-order valence-corrected chi connectivity index (χ1v) is 10.2. The van der Waals surface area contributed by atoms with Gasteiger partial charge in [0.1, 0.15) is 11.5 Å². The van der Waals surface area contributed by atoms with Crippen LogP contribution in [0.25, 0.3) is 0 Å². The molecule has 0 aliphatic heterocycles. The second kappa shape index (κ2) is 8.08. The van der Waals surface area contributed by atoms with Gasteiger partial charge in [0.05, 0.1) is 0 Å². The summed E-state index contributed by atoms with van der Waals surface area (Å²) in [6, 6.07) is 32.3. The minimum atomic E-state index is -0.335. The van der Waals surface area contributed by atoms with Crippen LogP contribution < -0.4 is 0 Å². The van der Waals surface area contributed by atoms with E-state index in [2.05, 4.69) is 62.4 Å². The molecule has 150 valence electrons. The molecule has 4 aromatic rings. The molecule has 0 aromatic heterocycles. The fourth-order valence-electron chi connectivity index (χ4n) is 3.99. The van der Waals surface area contributed by atoms with E-state index in [0.29, 0.717) is 0 Å². The summed E-state index contributed by atoms with van der Waals surface area (Å²) >= 11 is 0. The van der Waals surface area contributed by atoms with E-state index >= 15 is 0 Å². The van der Waals surface area contributed by atoms with Crippen LogP contribution in [0.1, 0.15) is 40.3 Å². The van der Waals surface area contributed by atoms with Gasteiger partial charge in [-0.1, -0.05) is 78.4 Å². The Morgan fingerprint density at radius 1 is 0.533 bits per heavy atom. The van der Waals surface area contributed by atoms with Crippen LogP contribution in [-0.2, 0) is 11.8 Å². The highest BCUT2D eigenvalue weighted by atomic mass is 16.3. The highest BCUT2D eigenvalue weighted by molar-refractivity contribution is 5.51. The first kappa shape index (κ1) is 19.8. The lowest BCUT2D eigenvalue weighted by Gasteiger charge is -2.32. The minimum absolute atomic E-state index is 0.272. The van der Waals surface area contributed by atoms with Crippen LogP contribution in [0.2, 0.25) is 0 Å². The zero-order valence-corrected chi connectivity index (χ0v) is 17.3. The van der Waals surface area contributed by atoms with Gasteiger partial charge in [-0.3, -0.25) is 0 Å². The highest BCUT2D eigenvalue weighted by Crippen LogP contribution is 2.39. The molecule has 0 aliphatic carbocycles. The Kier molecular flexibility index (Phi) is 5.33. The summed E-state index contributed by atoms with van der Waals surface area (Å²) < 4.78 is 0. The first-order chi connectivity index (χ1) is 14.4. The molecule has 4 rings (SSSR count). The standard InChI is InChI=1S/C28H26O2/c1-20-3-9-23(10-4-20)28(2,25-13-17-27(30)18-14-25)24-11-5-21(6-12-24)19-22-7-15-26(29)16-8-22/h3-18,29-30H,19H2,1-2H3. The summed E-state index contributed by atoms with van der Waals surface area (Å²) in [7, 11) is 0. The molecule has 0 saturated carbocycles. The molecule has 0 heterocycles. The zero-order chi connectivity index (χ0) is 21.1. The van der Waals surface area contributed by atoms with E-state index in [1.54, 1.807) is 24.3 Å². The normalized spacial score (nSPS) is 13.0. The fourth-order valence-corrected chi connectivity index (χ4v) is 3.99. The summed E-state index contributed by atoms with van der Waals surface area (Å²) in [6.07, 6.45) is 0.820. The molecule has 1 unspecified atom stereocenters. The molecule has 0 saturated heterocycles. The van der Waals surface area contributed by atoms with E-state index in [1.165, 1.54) is 27.8 Å². The number of rotatable bonds is 5. The van der Waals surface area contributed by atoms with Crippen LogP contribution in [0.5, 0.6) is 11.5 Å². The van der Waals surface area contributed by atoms with Crippen LogP contribution in [0.3, 0.4) is 0 Å². The Bertz CT molecular complexity index is 1060. The van der Waals surface area contributed by atoms with E-state index in [0.717, 1.165) is 12.0 Å². The van der Waals surface area contributed by atoms with Crippen molar-refractivity contribution >= 4 is 0 Å². The number of hydrogen-bond donors (Lipinski definition) is 2. The molecule has 0 radical (unpaired) electrons. The molecule has 2 nitrogen and oxygen atoms in total. The average Bonchev–Trinajstić information content (AvgIpc) is 2.76. The molecule has 0 amide bonds. The van der Waals surface area contributed by atoms with Crippen molar-refractivity contribution in [3.63, 3.8) is 0 Å². The number of hydrogen-bond acceptors (Lipinski definition) is 2. The SMILES string of the molecule is Cc1ccc(C(C)(c2ccc(O)cc2)c2ccc(Cc3ccc(O)cc3)cc2)cc1. The molecule has 4 aromatic carbocycles. The van der Waals surface area contributed by atoms with Gasteiger partial charge in [-0.05, 0) is 72.4 Å². The van der Waals surface area contributed by atoms with Gasteiger partial charge in [-0.25, -0.2) is 0 Å². The average molecular weight is 395 g/mol. The topological polar surface area (TPSA) is 40.5 Å². The van der Waals surface area contributed by atoms with Gasteiger partial charge in [0.2, 0.25) is 0 Å². The maximum Gasteiger partial charge on any atom is 0.115 e. The van der Waals surface area contributed by atoms with Gasteiger partial charge < -0.3 is 10.2 Å². The number of aryl methyl sites for hydroxylation is 1. The predicted molar refractivity (Wildman–Crippen MR) is 122 cm³/mol. The minimum Gasteiger partial charge on any atom is -0.508 e. The monoisotopic (exact) mass is 394 g/mol. The quantitative estimate of drug-likeness (QED) is 0.387. The van der Waals surface area contributed by atoms with Crippen molar-refractivity contribution in [2.45, 2.75) is 25.7 Å². The molecular weight excluding hydrogens is 368 g/mol. The Hall–Kier alpha value is -3.52. The van der Waals surface area contributed by atoms with Crippen molar-refractivity contribution in [3.8, 4) is 11.5 Å². The van der Waals surface area contributed by atoms with Gasteiger partial charge in [-0.15, -0.1) is 0 Å². The summed E-state index contributed by atoms with van der Waals surface area (Å²) in [4.78, 5) is 0. The van der Waals surface area contributed by atoms with Crippen molar-refractivity contribution in [1.82, 2.24) is 0 Å². The fraction of sp³-hybridized carbons (Fsp3) is 0.143. The summed E-state index contributed by atoms with van der Waals surface area (Å²) in [5.74, 6) is 0.561. The molecule has 2 N–H and O–H groups in total. The lowest BCUT2D eigenvalue weighted by molar-refractivity contribution is 0.474. The summed E-state index contributed by atoms with van der Waals surface area (Å²) in [5.41, 5.74) is 6.84. The Morgan fingerprint density at radius 3 is 1.33 bits per heavy atom. The molecule has 2 heteroatoms. The van der Waals surface area contributed by atoms with Crippen molar-refractivity contribution in [1.29, 1.82) is 0 Å². The van der Waals surface area contributed by atoms with Crippen LogP contribution in [-0.4, -0.2) is 10.2 Å². The van der Waals surface area contributed by atoms with E-state index in [-0.39, 0.29) is 16.9 Å². The Labute approximate surface area is 178 Å². The van der Waals surface area contributed by atoms with Crippen LogP contribution >= 0.6 is 0 Å². The number of aromatic hydroxyl groups is 2. The lowest BCUT2D eigenvalue weighted by Crippen LogP contribution is -2.25. The Balaban J connectivity index is 1.72. The van der Waals surface area contributed by atoms with E-state index < -0.39 is 0 Å². The number of phenols is 2. The van der Waals surface area contributed by atoms with Crippen molar-refractivity contribution in [2.75, 3.05) is 0 Å². The van der Waals surface area contributed by atoms with Gasteiger partial charge in [0.15, 0.2) is 0 Å². The second-order valence-corrected chi connectivity index (χ2v) is 8.08. The molecule has 0 aliphatic rings.